The van der Waals surface area contributed by atoms with Crippen LogP contribution in [-0.2, 0) is 4.74 Å². The molecule has 2 aromatic heterocycles. The second-order valence-electron chi connectivity index (χ2n) is 5.77. The molecule has 3 aromatic rings. The van der Waals surface area contributed by atoms with Gasteiger partial charge in [-0.1, -0.05) is 18.2 Å². The van der Waals surface area contributed by atoms with E-state index in [0.29, 0.717) is 36.9 Å². The maximum absolute atomic E-state index is 12.9. The average Bonchev–Trinajstić information content (AvgIpc) is 3.11. The van der Waals surface area contributed by atoms with Crippen LogP contribution in [0.15, 0.2) is 36.7 Å². The van der Waals surface area contributed by atoms with Gasteiger partial charge in [-0.15, -0.1) is 0 Å². The number of nitrogens with zero attached hydrogens (tertiary/aromatic N) is 4. The molecule has 1 saturated heterocycles. The average molecular weight is 338 g/mol. The standard InChI is InChI=1S/C17H18N6O2/c1-18-16-15(19-6-7-20-16)13-10-23(8-9-25-13)17(24)14-11-4-2-3-5-12(11)21-22-14/h2-7,13H,8-10H2,1H3,(H,18,20)(H,21,22). The first-order valence-electron chi connectivity index (χ1n) is 8.10. The van der Waals surface area contributed by atoms with Gasteiger partial charge in [0.1, 0.15) is 17.6 Å². The van der Waals surface area contributed by atoms with Gasteiger partial charge in [0.15, 0.2) is 5.69 Å². The predicted molar refractivity (Wildman–Crippen MR) is 92.3 cm³/mol. The van der Waals surface area contributed by atoms with Crippen molar-refractivity contribution in [3.63, 3.8) is 0 Å². The number of morpholine rings is 1. The maximum atomic E-state index is 12.9. The Bertz CT molecular complexity index is 909. The molecule has 8 nitrogen and oxygen atoms in total. The number of H-pyrrole nitrogens is 1. The first kappa shape index (κ1) is 15.5. The van der Waals surface area contributed by atoms with Gasteiger partial charge >= 0.3 is 0 Å². The van der Waals surface area contributed by atoms with Crippen LogP contribution in [-0.4, -0.2) is 57.7 Å². The first-order chi connectivity index (χ1) is 12.3. The second-order valence-corrected chi connectivity index (χ2v) is 5.77. The molecule has 1 amide bonds. The molecule has 25 heavy (non-hydrogen) atoms. The molecule has 1 unspecified atom stereocenters. The number of hydrogen-bond acceptors (Lipinski definition) is 6. The highest BCUT2D eigenvalue weighted by Gasteiger charge is 2.30. The SMILES string of the molecule is CNc1nccnc1C1CN(C(=O)c2n[nH]c3ccccc23)CCO1. The van der Waals surface area contributed by atoms with E-state index in [4.69, 9.17) is 4.74 Å². The molecule has 0 bridgehead atoms. The van der Waals surface area contributed by atoms with Crippen LogP contribution in [0.5, 0.6) is 0 Å². The number of nitrogens with one attached hydrogen (secondary N) is 2. The molecule has 0 aliphatic carbocycles. The number of amides is 1. The van der Waals surface area contributed by atoms with Gasteiger partial charge in [-0.05, 0) is 6.07 Å². The number of aromatic nitrogens is 4. The van der Waals surface area contributed by atoms with Crippen molar-refractivity contribution in [1.29, 1.82) is 0 Å². The number of fused-ring (bicyclic) bond motifs is 1. The smallest absolute Gasteiger partial charge is 0.275 e. The van der Waals surface area contributed by atoms with E-state index in [2.05, 4.69) is 25.5 Å². The summed E-state index contributed by atoms with van der Waals surface area (Å²) >= 11 is 0. The number of hydrogen-bond donors (Lipinski definition) is 2. The molecule has 1 aliphatic rings. The van der Waals surface area contributed by atoms with Crippen molar-refractivity contribution in [2.24, 2.45) is 0 Å². The minimum absolute atomic E-state index is 0.111. The topological polar surface area (TPSA) is 96.0 Å². The van der Waals surface area contributed by atoms with E-state index in [0.717, 1.165) is 10.9 Å². The summed E-state index contributed by atoms with van der Waals surface area (Å²) < 4.78 is 5.83. The summed E-state index contributed by atoms with van der Waals surface area (Å²) in [6.45, 7) is 1.37. The third-order valence-electron chi connectivity index (χ3n) is 4.29. The molecule has 1 aromatic carbocycles. The summed E-state index contributed by atoms with van der Waals surface area (Å²) in [5, 5.41) is 11.0. The summed E-state index contributed by atoms with van der Waals surface area (Å²) in [6.07, 6.45) is 2.93. The molecule has 4 rings (SSSR count). The summed E-state index contributed by atoms with van der Waals surface area (Å²) in [7, 11) is 1.79. The number of rotatable bonds is 3. The molecule has 8 heteroatoms. The number of carbonyl (C=O) groups excluding carboxylic acids is 1. The highest BCUT2D eigenvalue weighted by Crippen LogP contribution is 2.26. The highest BCUT2D eigenvalue weighted by molar-refractivity contribution is 6.04. The molecule has 128 valence electrons. The molecule has 0 saturated carbocycles. The lowest BCUT2D eigenvalue weighted by atomic mass is 10.1. The number of carbonyl (C=O) groups is 1. The lowest BCUT2D eigenvalue weighted by Crippen LogP contribution is -2.42. The van der Waals surface area contributed by atoms with E-state index in [1.165, 1.54) is 0 Å². The van der Waals surface area contributed by atoms with Gasteiger partial charge in [-0.25, -0.2) is 4.98 Å². The minimum atomic E-state index is -0.320. The van der Waals surface area contributed by atoms with Crippen LogP contribution in [0.2, 0.25) is 0 Å². The number of aromatic amines is 1. The van der Waals surface area contributed by atoms with Crippen molar-refractivity contribution in [1.82, 2.24) is 25.1 Å². The van der Waals surface area contributed by atoms with Gasteiger partial charge in [-0.3, -0.25) is 14.9 Å². The molecule has 0 spiro atoms. The zero-order valence-corrected chi connectivity index (χ0v) is 13.8. The maximum Gasteiger partial charge on any atom is 0.275 e. The van der Waals surface area contributed by atoms with E-state index in [1.807, 2.05) is 24.3 Å². The fraction of sp³-hybridized carbons (Fsp3) is 0.294. The Balaban J connectivity index is 1.60. The molecular formula is C17H18N6O2. The molecule has 1 atom stereocenters. The Morgan fingerprint density at radius 3 is 3.04 bits per heavy atom. The number of anilines is 1. The van der Waals surface area contributed by atoms with Crippen molar-refractivity contribution >= 4 is 22.6 Å². The van der Waals surface area contributed by atoms with Gasteiger partial charge in [0.2, 0.25) is 0 Å². The fourth-order valence-corrected chi connectivity index (χ4v) is 3.05. The molecule has 3 heterocycles. The number of para-hydroxylation sites is 1. The van der Waals surface area contributed by atoms with Crippen LogP contribution < -0.4 is 5.32 Å². The van der Waals surface area contributed by atoms with Crippen LogP contribution in [0.4, 0.5) is 5.82 Å². The third kappa shape index (κ3) is 2.80. The van der Waals surface area contributed by atoms with Crippen molar-refractivity contribution in [2.75, 3.05) is 32.1 Å². The van der Waals surface area contributed by atoms with Gasteiger partial charge in [0.05, 0.1) is 18.7 Å². The zero-order valence-electron chi connectivity index (χ0n) is 13.8. The first-order valence-corrected chi connectivity index (χ1v) is 8.10. The van der Waals surface area contributed by atoms with Crippen LogP contribution >= 0.6 is 0 Å². The van der Waals surface area contributed by atoms with E-state index >= 15 is 0 Å². The van der Waals surface area contributed by atoms with Crippen LogP contribution in [0.1, 0.15) is 22.3 Å². The van der Waals surface area contributed by atoms with E-state index in [9.17, 15) is 4.79 Å². The summed E-state index contributed by atoms with van der Waals surface area (Å²) in [4.78, 5) is 23.3. The van der Waals surface area contributed by atoms with Crippen molar-refractivity contribution in [3.05, 3.63) is 48.0 Å². The van der Waals surface area contributed by atoms with Crippen molar-refractivity contribution in [3.8, 4) is 0 Å². The van der Waals surface area contributed by atoms with Gasteiger partial charge in [0, 0.05) is 31.4 Å². The zero-order chi connectivity index (χ0) is 17.2. The monoisotopic (exact) mass is 338 g/mol. The summed E-state index contributed by atoms with van der Waals surface area (Å²) in [5.41, 5.74) is 1.99. The Morgan fingerprint density at radius 1 is 1.32 bits per heavy atom. The summed E-state index contributed by atoms with van der Waals surface area (Å²) in [5.74, 6) is 0.549. The third-order valence-corrected chi connectivity index (χ3v) is 4.29. The van der Waals surface area contributed by atoms with Crippen LogP contribution in [0.25, 0.3) is 10.9 Å². The van der Waals surface area contributed by atoms with Gasteiger partial charge < -0.3 is 15.0 Å². The van der Waals surface area contributed by atoms with Crippen LogP contribution in [0, 0.1) is 0 Å². The molecule has 1 fully saturated rings. The molecule has 1 aliphatic heterocycles. The van der Waals surface area contributed by atoms with Crippen molar-refractivity contribution < 1.29 is 9.53 Å². The predicted octanol–water partition coefficient (Wildman–Crippen LogP) is 1.61. The normalized spacial score (nSPS) is 17.6. The summed E-state index contributed by atoms with van der Waals surface area (Å²) in [6, 6.07) is 7.61. The Labute approximate surface area is 144 Å². The van der Waals surface area contributed by atoms with E-state index in [-0.39, 0.29) is 12.0 Å². The van der Waals surface area contributed by atoms with Crippen molar-refractivity contribution in [2.45, 2.75) is 6.10 Å². The Morgan fingerprint density at radius 2 is 2.16 bits per heavy atom. The van der Waals surface area contributed by atoms with Gasteiger partial charge in [-0.2, -0.15) is 5.10 Å². The number of benzene rings is 1. The second kappa shape index (κ2) is 6.48. The molecule has 0 radical (unpaired) electrons. The number of ether oxygens (including phenoxy) is 1. The highest BCUT2D eigenvalue weighted by atomic mass is 16.5. The molecular weight excluding hydrogens is 320 g/mol. The Hall–Kier alpha value is -3.00. The van der Waals surface area contributed by atoms with Crippen LogP contribution in [0.3, 0.4) is 0 Å². The molecule has 2 N–H and O–H groups in total. The lowest BCUT2D eigenvalue weighted by Gasteiger charge is -2.32. The largest absolute Gasteiger partial charge is 0.372 e. The fourth-order valence-electron chi connectivity index (χ4n) is 3.05. The van der Waals surface area contributed by atoms with E-state index < -0.39 is 0 Å². The minimum Gasteiger partial charge on any atom is -0.372 e. The lowest BCUT2D eigenvalue weighted by molar-refractivity contribution is -0.0246. The quantitative estimate of drug-likeness (QED) is 0.753. The Kier molecular flexibility index (Phi) is 4.02. The van der Waals surface area contributed by atoms with Gasteiger partial charge in [0.25, 0.3) is 5.91 Å². The van der Waals surface area contributed by atoms with E-state index in [1.54, 1.807) is 24.3 Å².